The van der Waals surface area contributed by atoms with E-state index in [9.17, 15) is 4.79 Å². The van der Waals surface area contributed by atoms with Gasteiger partial charge in [-0.15, -0.1) is 0 Å². The summed E-state index contributed by atoms with van der Waals surface area (Å²) >= 11 is 13.6. The van der Waals surface area contributed by atoms with Crippen LogP contribution in [0.5, 0.6) is 11.5 Å². The van der Waals surface area contributed by atoms with Gasteiger partial charge < -0.3 is 9.47 Å². The highest BCUT2D eigenvalue weighted by atomic mass is 79.9. The van der Waals surface area contributed by atoms with Crippen molar-refractivity contribution in [1.82, 2.24) is 9.66 Å². The number of hydrogen-bond donors (Lipinski definition) is 0. The van der Waals surface area contributed by atoms with Gasteiger partial charge in [0.05, 0.1) is 24.2 Å². The molecule has 4 aromatic rings. The SMILES string of the molecule is COc1cc(C=Nn2c(C(C)(C)C)nc3ccc(Br)cc3c2=O)c(Br)c(Cl)c1OCc1ccccc1. The van der Waals surface area contributed by atoms with Gasteiger partial charge >= 0.3 is 0 Å². The fourth-order valence-electron chi connectivity index (χ4n) is 3.58. The van der Waals surface area contributed by atoms with Crippen molar-refractivity contribution in [2.24, 2.45) is 5.10 Å². The number of hydrogen-bond acceptors (Lipinski definition) is 5. The first-order chi connectivity index (χ1) is 17.1. The fraction of sp³-hybridized carbons (Fsp3) is 0.222. The predicted molar refractivity (Wildman–Crippen MR) is 152 cm³/mol. The van der Waals surface area contributed by atoms with E-state index in [4.69, 9.17) is 26.1 Å². The second-order valence-corrected chi connectivity index (χ2v) is 11.2. The summed E-state index contributed by atoms with van der Waals surface area (Å²) in [5, 5.41) is 5.35. The molecule has 3 aromatic carbocycles. The van der Waals surface area contributed by atoms with Crippen LogP contribution in [0.1, 0.15) is 37.7 Å². The van der Waals surface area contributed by atoms with Crippen molar-refractivity contribution < 1.29 is 9.47 Å². The molecule has 0 aliphatic carbocycles. The minimum Gasteiger partial charge on any atom is -0.493 e. The molecule has 0 atom stereocenters. The standard InChI is InChI=1S/C27H24Br2ClN3O3/c1-27(2,3)26-32-20-11-10-18(28)13-19(20)25(34)33(26)31-14-17-12-21(35-4)24(23(30)22(17)29)36-15-16-8-6-5-7-9-16/h5-14H,15H2,1-4H3. The molecule has 0 fully saturated rings. The lowest BCUT2D eigenvalue weighted by molar-refractivity contribution is 0.284. The summed E-state index contributed by atoms with van der Waals surface area (Å²) in [6, 6.07) is 17.0. The Morgan fingerprint density at radius 1 is 1.11 bits per heavy atom. The van der Waals surface area contributed by atoms with Gasteiger partial charge in [0, 0.05) is 19.9 Å². The van der Waals surface area contributed by atoms with Crippen molar-refractivity contribution in [2.75, 3.05) is 7.11 Å². The highest BCUT2D eigenvalue weighted by Crippen LogP contribution is 2.42. The Morgan fingerprint density at radius 2 is 1.83 bits per heavy atom. The van der Waals surface area contributed by atoms with Crippen LogP contribution in [0.4, 0.5) is 0 Å². The molecule has 0 N–H and O–H groups in total. The lowest BCUT2D eigenvalue weighted by Gasteiger charge is -2.21. The van der Waals surface area contributed by atoms with Crippen LogP contribution in [0, 0.1) is 0 Å². The zero-order chi connectivity index (χ0) is 26.0. The first kappa shape index (κ1) is 26.4. The Hall–Kier alpha value is -2.68. The van der Waals surface area contributed by atoms with Crippen LogP contribution in [0.2, 0.25) is 5.02 Å². The third kappa shape index (κ3) is 5.51. The Kier molecular flexibility index (Phi) is 7.87. The molecule has 0 saturated heterocycles. The average Bonchev–Trinajstić information content (AvgIpc) is 2.85. The van der Waals surface area contributed by atoms with E-state index in [1.165, 1.54) is 4.68 Å². The fourth-order valence-corrected chi connectivity index (χ4v) is 4.59. The van der Waals surface area contributed by atoms with E-state index >= 15 is 0 Å². The number of rotatable bonds is 6. The summed E-state index contributed by atoms with van der Waals surface area (Å²) in [5.74, 6) is 1.40. The predicted octanol–water partition coefficient (Wildman–Crippen LogP) is 7.34. The molecule has 36 heavy (non-hydrogen) atoms. The molecule has 1 heterocycles. The van der Waals surface area contributed by atoms with Gasteiger partial charge in [-0.3, -0.25) is 4.79 Å². The van der Waals surface area contributed by atoms with Crippen LogP contribution >= 0.6 is 43.5 Å². The first-order valence-corrected chi connectivity index (χ1v) is 13.1. The largest absolute Gasteiger partial charge is 0.493 e. The second-order valence-electron chi connectivity index (χ2n) is 9.11. The number of ether oxygens (including phenoxy) is 2. The summed E-state index contributed by atoms with van der Waals surface area (Å²) in [4.78, 5) is 18.2. The Morgan fingerprint density at radius 3 is 2.50 bits per heavy atom. The number of aromatic nitrogens is 2. The molecule has 0 saturated carbocycles. The Balaban J connectivity index is 1.78. The molecule has 0 aliphatic heterocycles. The smallest absolute Gasteiger partial charge is 0.282 e. The molecule has 0 spiro atoms. The molecule has 186 valence electrons. The molecule has 1 aromatic heterocycles. The number of benzene rings is 3. The van der Waals surface area contributed by atoms with E-state index in [0.717, 1.165) is 10.0 Å². The number of halogens is 3. The second kappa shape index (κ2) is 10.7. The van der Waals surface area contributed by atoms with Crippen molar-refractivity contribution >= 4 is 60.6 Å². The number of fused-ring (bicyclic) bond motifs is 1. The van der Waals surface area contributed by atoms with Gasteiger partial charge in [-0.1, -0.05) is 78.6 Å². The quantitative estimate of drug-likeness (QED) is 0.209. The molecule has 4 rings (SSSR count). The molecule has 0 amide bonds. The highest BCUT2D eigenvalue weighted by Gasteiger charge is 2.23. The average molecular weight is 634 g/mol. The summed E-state index contributed by atoms with van der Waals surface area (Å²) < 4.78 is 14.2. The summed E-state index contributed by atoms with van der Waals surface area (Å²) in [6.45, 7) is 6.29. The van der Waals surface area contributed by atoms with Crippen LogP contribution in [-0.4, -0.2) is 23.0 Å². The first-order valence-electron chi connectivity index (χ1n) is 11.1. The van der Waals surface area contributed by atoms with Crippen molar-refractivity contribution in [3.63, 3.8) is 0 Å². The van der Waals surface area contributed by atoms with Crippen LogP contribution < -0.4 is 15.0 Å². The van der Waals surface area contributed by atoms with Crippen molar-refractivity contribution in [3.8, 4) is 11.5 Å². The highest BCUT2D eigenvalue weighted by molar-refractivity contribution is 9.10. The van der Waals surface area contributed by atoms with Crippen LogP contribution in [0.25, 0.3) is 10.9 Å². The lowest BCUT2D eigenvalue weighted by atomic mass is 9.95. The molecule has 6 nitrogen and oxygen atoms in total. The summed E-state index contributed by atoms with van der Waals surface area (Å²) in [7, 11) is 1.54. The molecule has 0 radical (unpaired) electrons. The molecular formula is C27H24Br2ClN3O3. The molecule has 0 unspecified atom stereocenters. The van der Waals surface area contributed by atoms with Crippen LogP contribution in [-0.2, 0) is 12.0 Å². The molecule has 0 aliphatic rings. The Bertz CT molecular complexity index is 1510. The number of methoxy groups -OCH3 is 1. The van der Waals surface area contributed by atoms with Crippen LogP contribution in [0.3, 0.4) is 0 Å². The molecule has 0 bridgehead atoms. The van der Waals surface area contributed by atoms with Crippen LogP contribution in [0.15, 0.2) is 73.4 Å². The maximum atomic E-state index is 13.4. The van der Waals surface area contributed by atoms with Crippen molar-refractivity contribution in [1.29, 1.82) is 0 Å². The van der Waals surface area contributed by atoms with Crippen molar-refractivity contribution in [2.45, 2.75) is 32.8 Å². The van der Waals surface area contributed by atoms with Gasteiger partial charge in [0.2, 0.25) is 0 Å². The van der Waals surface area contributed by atoms with E-state index in [-0.39, 0.29) is 5.56 Å². The van der Waals surface area contributed by atoms with E-state index < -0.39 is 5.41 Å². The zero-order valence-electron chi connectivity index (χ0n) is 20.2. The minimum atomic E-state index is -0.431. The van der Waals surface area contributed by atoms with E-state index in [1.807, 2.05) is 63.2 Å². The van der Waals surface area contributed by atoms with Crippen molar-refractivity contribution in [3.05, 3.63) is 95.9 Å². The van der Waals surface area contributed by atoms with Gasteiger partial charge in [-0.2, -0.15) is 9.78 Å². The maximum Gasteiger partial charge on any atom is 0.282 e. The molecular weight excluding hydrogens is 610 g/mol. The lowest BCUT2D eigenvalue weighted by Crippen LogP contribution is -2.29. The van der Waals surface area contributed by atoms with Gasteiger partial charge in [0.25, 0.3) is 5.56 Å². The van der Waals surface area contributed by atoms with Gasteiger partial charge in [-0.05, 0) is 45.8 Å². The monoisotopic (exact) mass is 631 g/mol. The third-order valence-electron chi connectivity index (χ3n) is 5.39. The summed E-state index contributed by atoms with van der Waals surface area (Å²) in [6.07, 6.45) is 1.56. The topological polar surface area (TPSA) is 65.7 Å². The van der Waals surface area contributed by atoms with Gasteiger partial charge in [0.15, 0.2) is 11.5 Å². The normalized spacial score (nSPS) is 11.9. The maximum absolute atomic E-state index is 13.4. The van der Waals surface area contributed by atoms with Gasteiger partial charge in [0.1, 0.15) is 17.5 Å². The summed E-state index contributed by atoms with van der Waals surface area (Å²) in [5.41, 5.74) is 1.54. The van der Waals surface area contributed by atoms with E-state index in [0.29, 0.717) is 49.9 Å². The Labute approximate surface area is 231 Å². The van der Waals surface area contributed by atoms with E-state index in [2.05, 4.69) is 37.0 Å². The zero-order valence-corrected chi connectivity index (χ0v) is 24.1. The van der Waals surface area contributed by atoms with E-state index in [1.54, 1.807) is 25.5 Å². The molecule has 9 heteroatoms. The minimum absolute atomic E-state index is 0.264. The van der Waals surface area contributed by atoms with Gasteiger partial charge in [-0.25, -0.2) is 4.98 Å². The third-order valence-corrected chi connectivity index (χ3v) is 7.33. The number of nitrogens with zero attached hydrogens (tertiary/aromatic N) is 3.